The van der Waals surface area contributed by atoms with Crippen LogP contribution in [-0.4, -0.2) is 73.3 Å². The number of nitrogens with zero attached hydrogens (tertiary/aromatic N) is 6. The van der Waals surface area contributed by atoms with Gasteiger partial charge in [-0.1, -0.05) is 0 Å². The Morgan fingerprint density at radius 3 is 2.18 bits per heavy atom. The first-order chi connectivity index (χ1) is 27.8. The summed E-state index contributed by atoms with van der Waals surface area (Å²) >= 11 is 0. The van der Waals surface area contributed by atoms with Crippen molar-refractivity contribution in [2.45, 2.75) is 13.8 Å². The molecule has 6 rings (SSSR count). The summed E-state index contributed by atoms with van der Waals surface area (Å²) in [5, 5.41) is 33.1. The normalized spacial score (nSPS) is 16.0. The molecule has 0 unspecified atom stereocenters. The fourth-order valence-corrected chi connectivity index (χ4v) is 6.00. The van der Waals surface area contributed by atoms with Crippen molar-refractivity contribution >= 4 is 91.8 Å². The minimum absolute atomic E-state index is 0. The quantitative estimate of drug-likeness (QED) is 0.0264. The molecule has 6 N–H and O–H groups in total. The van der Waals surface area contributed by atoms with Crippen LogP contribution in [0.5, 0.6) is 11.5 Å². The van der Waals surface area contributed by atoms with E-state index >= 15 is 0 Å². The van der Waals surface area contributed by atoms with Gasteiger partial charge in [-0.2, -0.15) is 15.2 Å². The maximum absolute atomic E-state index is 13.8. The zero-order valence-electron chi connectivity index (χ0n) is 32.2. The first-order valence-corrected chi connectivity index (χ1v) is 18.3. The van der Waals surface area contributed by atoms with Crippen LogP contribution in [0.4, 0.5) is 28.4 Å². The first kappa shape index (κ1) is 46.8. The molecule has 3 aromatic carbocycles. The van der Waals surface area contributed by atoms with Gasteiger partial charge >= 0.3 is 59.1 Å². The van der Waals surface area contributed by atoms with E-state index in [2.05, 4.69) is 52.1 Å². The minimum Gasteiger partial charge on any atom is -0.744 e. The molecule has 0 saturated heterocycles. The number of fused-ring (bicyclic) bond motifs is 1. The number of aliphatic imine (C=N–C) groups is 1. The van der Waals surface area contributed by atoms with E-state index in [1.165, 1.54) is 54.6 Å². The van der Waals surface area contributed by atoms with Crippen molar-refractivity contribution in [2.75, 3.05) is 40.5 Å². The Balaban J connectivity index is 0.00000397. The molecular formula is C36H29N11Na2O10S. The van der Waals surface area contributed by atoms with Crippen LogP contribution < -0.4 is 101 Å². The number of Topliss-reactive ketones (excluding diaryl/α,β-unsaturated/α-hetero) is 1. The number of amides is 1. The summed E-state index contributed by atoms with van der Waals surface area (Å²) in [5.41, 5.74) is 13.8. The number of nitrogens with two attached hydrogens (primary N) is 1. The van der Waals surface area contributed by atoms with Gasteiger partial charge in [0.25, 0.3) is 11.9 Å². The summed E-state index contributed by atoms with van der Waals surface area (Å²) < 4.78 is 49.1. The van der Waals surface area contributed by atoms with E-state index in [0.717, 1.165) is 24.6 Å². The maximum atomic E-state index is 13.8. The molecule has 0 fully saturated rings. The topological polar surface area (TPSA) is 315 Å². The Bertz CT molecular complexity index is 2610. The van der Waals surface area contributed by atoms with Crippen molar-refractivity contribution in [1.82, 2.24) is 0 Å². The molecule has 0 radical (unpaired) electrons. The molecule has 3 aliphatic rings. The molecule has 24 heteroatoms. The first-order valence-electron chi connectivity index (χ1n) is 16.9. The van der Waals surface area contributed by atoms with Crippen molar-refractivity contribution < 1.29 is 106 Å². The molecule has 0 atom stereocenters. The zero-order valence-corrected chi connectivity index (χ0v) is 37.0. The van der Waals surface area contributed by atoms with E-state index in [9.17, 15) is 37.3 Å². The number of azo groups is 1. The summed E-state index contributed by atoms with van der Waals surface area (Å²) in [6.45, 7) is 3.65. The maximum Gasteiger partial charge on any atom is 1.00 e. The Labute approximate surface area is 385 Å². The third-order valence-electron chi connectivity index (χ3n) is 8.02. The van der Waals surface area contributed by atoms with Crippen LogP contribution in [0.15, 0.2) is 108 Å². The molecule has 296 valence electrons. The predicted molar refractivity (Wildman–Crippen MR) is 210 cm³/mol. The van der Waals surface area contributed by atoms with E-state index in [-0.39, 0.29) is 135 Å². The number of ketones is 2. The number of guanidine groups is 1. The summed E-state index contributed by atoms with van der Waals surface area (Å²) in [6, 6.07) is 11.6. The van der Waals surface area contributed by atoms with Gasteiger partial charge in [0.1, 0.15) is 39.4 Å². The number of aliphatic carboxylic acids is 1. The Hall–Kier alpha value is -5.85. The Morgan fingerprint density at radius 1 is 0.867 bits per heavy atom. The number of benzene rings is 3. The molecule has 1 amide bonds. The van der Waals surface area contributed by atoms with Crippen molar-refractivity contribution in [2.24, 2.45) is 30.5 Å². The minimum atomic E-state index is -5.31. The monoisotopic (exact) mass is 853 g/mol. The third-order valence-corrected chi connectivity index (χ3v) is 8.87. The summed E-state index contributed by atoms with van der Waals surface area (Å²) in [7, 11) is -5.31. The number of nitrogens with one attached hydrogen (secondary N) is 4. The molecule has 0 spiro atoms. The number of carbonyl (C=O) groups excluding carboxylic acids is 4. The molecule has 60 heavy (non-hydrogen) atoms. The number of anilines is 5. The SMILES string of the molecule is CCOc1cc(NC(=O)c2ccc(N/N=C3\C=CC(=O)C(C(=O)[O-])=C3)cc2)c(OCC)cc1N/N=C1/C(=O)c2ccc(N)c(N/N=C3\N=CN=N3)c2C=C1S(=O)(=O)[O-].[Na+].[Na+]. The van der Waals surface area contributed by atoms with Gasteiger partial charge in [0.2, 0.25) is 5.78 Å². The fraction of sp³-hybridized carbons (Fsp3) is 0.111. The average Bonchev–Trinajstić information content (AvgIpc) is 3.71. The summed E-state index contributed by atoms with van der Waals surface area (Å²) in [4.78, 5) is 52.8. The van der Waals surface area contributed by atoms with Crippen LogP contribution in [0, 0.1) is 0 Å². The number of hydrazone groups is 3. The third kappa shape index (κ3) is 10.8. The largest absolute Gasteiger partial charge is 1.00 e. The van der Waals surface area contributed by atoms with Crippen LogP contribution >= 0.6 is 0 Å². The molecule has 0 bridgehead atoms. The number of allylic oxidation sites excluding steroid dienone is 4. The van der Waals surface area contributed by atoms with Crippen molar-refractivity contribution in [3.05, 3.63) is 93.9 Å². The van der Waals surface area contributed by atoms with Crippen LogP contribution in [0.1, 0.15) is 40.1 Å². The fourth-order valence-electron chi connectivity index (χ4n) is 5.36. The number of hydrogen-bond donors (Lipinski definition) is 5. The summed E-state index contributed by atoms with van der Waals surface area (Å²) in [5.74, 6) is -3.67. The number of carboxylic acid groups (broad SMARTS) is 1. The van der Waals surface area contributed by atoms with E-state index in [1.807, 2.05) is 0 Å². The second-order valence-corrected chi connectivity index (χ2v) is 13.1. The van der Waals surface area contributed by atoms with Gasteiger partial charge in [0.15, 0.2) is 5.78 Å². The van der Waals surface area contributed by atoms with Gasteiger partial charge < -0.3 is 35.0 Å². The standard InChI is InChI=1S/C36H31N11O10S.2Na/c1-3-56-28-16-26(43-45-32-30(58(53,54)55)14-22-21(33(32)49)10-11-24(37)31(22)44-47-36-38-17-39-46-36)29(57-4-2)15-25(28)40-34(50)18-5-7-19(8-6-18)41-42-20-9-12-27(48)23(13-20)35(51)52;;/h5-17,41,43-44H,3-4,37H2,1-2H3,(H,40,50)(H,51,52)(H,53,54,55);;/q;2*+1/p-2/b42-20+,45-32+,47-36+;;. The molecule has 0 aromatic heterocycles. The molecule has 0 saturated carbocycles. The number of carboxylic acids is 1. The van der Waals surface area contributed by atoms with Crippen LogP contribution in [0.25, 0.3) is 6.08 Å². The van der Waals surface area contributed by atoms with Crippen LogP contribution in [0.3, 0.4) is 0 Å². The Kier molecular flexibility index (Phi) is 15.9. The van der Waals surface area contributed by atoms with Gasteiger partial charge in [-0.05, 0) is 74.5 Å². The molecule has 3 aromatic rings. The van der Waals surface area contributed by atoms with E-state index in [4.69, 9.17) is 15.2 Å². The molecule has 21 nitrogen and oxygen atoms in total. The van der Waals surface area contributed by atoms with Crippen LogP contribution in [-0.2, 0) is 19.7 Å². The van der Waals surface area contributed by atoms with E-state index in [1.54, 1.807) is 13.8 Å². The van der Waals surface area contributed by atoms with Gasteiger partial charge in [0.05, 0.1) is 52.5 Å². The van der Waals surface area contributed by atoms with Gasteiger partial charge in [0, 0.05) is 34.4 Å². The number of ether oxygens (including phenoxy) is 2. The predicted octanol–water partition coefficient (Wildman–Crippen LogP) is -3.36. The molecule has 1 aliphatic heterocycles. The van der Waals surface area contributed by atoms with Gasteiger partial charge in [-0.3, -0.25) is 30.7 Å². The van der Waals surface area contributed by atoms with Gasteiger partial charge in [-0.25, -0.2) is 8.42 Å². The van der Waals surface area contributed by atoms with Crippen LogP contribution in [0.2, 0.25) is 0 Å². The van der Waals surface area contributed by atoms with Gasteiger partial charge in [-0.15, -0.1) is 15.3 Å². The average molecular weight is 854 g/mol. The zero-order chi connectivity index (χ0) is 41.6. The second-order valence-electron chi connectivity index (χ2n) is 11.8. The molecule has 1 heterocycles. The molecular weight excluding hydrogens is 825 g/mol. The number of carbonyl (C=O) groups is 4. The van der Waals surface area contributed by atoms with E-state index in [0.29, 0.717) is 5.69 Å². The summed E-state index contributed by atoms with van der Waals surface area (Å²) in [6.07, 6.45) is 5.54. The number of rotatable bonds is 14. The number of hydrogen-bond acceptors (Lipinski definition) is 18. The number of nitrogen functional groups attached to an aromatic ring is 1. The van der Waals surface area contributed by atoms with E-state index < -0.39 is 49.8 Å². The van der Waals surface area contributed by atoms with Crippen molar-refractivity contribution in [3.8, 4) is 11.5 Å². The Morgan fingerprint density at radius 2 is 1.55 bits per heavy atom. The second kappa shape index (κ2) is 20.4. The smallest absolute Gasteiger partial charge is 0.744 e. The molecule has 2 aliphatic carbocycles. The van der Waals surface area contributed by atoms with Crippen molar-refractivity contribution in [1.29, 1.82) is 0 Å². The van der Waals surface area contributed by atoms with Crippen molar-refractivity contribution in [3.63, 3.8) is 0 Å².